The van der Waals surface area contributed by atoms with Gasteiger partial charge in [0.05, 0.1) is 30.7 Å². The summed E-state index contributed by atoms with van der Waals surface area (Å²) in [5.74, 6) is -0.809. The van der Waals surface area contributed by atoms with Gasteiger partial charge in [-0.15, -0.1) is 0 Å². The lowest BCUT2D eigenvalue weighted by Gasteiger charge is -2.07. The molecular weight excluding hydrogens is 356 g/mol. The zero-order chi connectivity index (χ0) is 19.8. The second-order valence-corrected chi connectivity index (χ2v) is 5.24. The highest BCUT2D eigenvalue weighted by atomic mass is 16.6. The number of nitro groups is 1. The van der Waals surface area contributed by atoms with Gasteiger partial charge in [-0.3, -0.25) is 24.7 Å². The van der Waals surface area contributed by atoms with Crippen LogP contribution in [0.15, 0.2) is 41.9 Å². The number of benzene rings is 1. The molecule has 0 bridgehead atoms. The number of nitro benzene ring substituents is 1. The highest BCUT2D eigenvalue weighted by Crippen LogP contribution is 2.28. The summed E-state index contributed by atoms with van der Waals surface area (Å²) in [5, 5.41) is 17.4. The van der Waals surface area contributed by atoms with Crippen molar-refractivity contribution in [1.82, 2.24) is 15.4 Å². The Bertz CT molecular complexity index is 884. The Kier molecular flexibility index (Phi) is 6.47. The lowest BCUT2D eigenvalue weighted by Crippen LogP contribution is -2.22. The van der Waals surface area contributed by atoms with E-state index in [0.717, 1.165) is 0 Å². The van der Waals surface area contributed by atoms with Crippen LogP contribution in [-0.2, 0) is 4.79 Å². The monoisotopic (exact) mass is 372 g/mol. The number of ether oxygens (including phenoxy) is 1. The molecule has 2 N–H and O–H groups in total. The minimum atomic E-state index is -0.625. The van der Waals surface area contributed by atoms with Crippen LogP contribution in [0.3, 0.4) is 0 Å². The van der Waals surface area contributed by atoms with E-state index in [4.69, 9.17) is 4.74 Å². The molecule has 0 fully saturated rings. The standard InChI is InChI=1S/C16H16N6O5/c1-10(20-21-16(24)13-9-17-5-6-18-13)7-15(23)19-12-4-3-11(27-2)8-14(12)22(25)26/h3-6,8-9H,7H2,1-2H3,(H,19,23)(H,21,24)/b20-10+. The number of nitrogens with one attached hydrogen (secondary N) is 2. The Balaban J connectivity index is 1.99. The molecule has 2 rings (SSSR count). The van der Waals surface area contributed by atoms with E-state index >= 15 is 0 Å². The lowest BCUT2D eigenvalue weighted by atomic mass is 10.2. The molecule has 2 aromatic rings. The van der Waals surface area contributed by atoms with Gasteiger partial charge in [-0.05, 0) is 19.1 Å². The maximum atomic E-state index is 12.1. The lowest BCUT2D eigenvalue weighted by molar-refractivity contribution is -0.384. The van der Waals surface area contributed by atoms with Crippen molar-refractivity contribution in [3.63, 3.8) is 0 Å². The van der Waals surface area contributed by atoms with Crippen LogP contribution in [-0.4, -0.2) is 39.5 Å². The Morgan fingerprint density at radius 1 is 1.33 bits per heavy atom. The van der Waals surface area contributed by atoms with Crippen molar-refractivity contribution in [3.05, 3.63) is 52.6 Å². The summed E-state index contributed by atoms with van der Waals surface area (Å²) in [5.41, 5.74) is 2.36. The van der Waals surface area contributed by atoms with Gasteiger partial charge in [-0.25, -0.2) is 10.4 Å². The Hall–Kier alpha value is -3.89. The van der Waals surface area contributed by atoms with E-state index in [1.807, 2.05) is 0 Å². The molecule has 0 unspecified atom stereocenters. The minimum Gasteiger partial charge on any atom is -0.496 e. The first-order chi connectivity index (χ1) is 12.9. The molecule has 1 aromatic carbocycles. The smallest absolute Gasteiger partial charge is 0.296 e. The fourth-order valence-corrected chi connectivity index (χ4v) is 1.98. The van der Waals surface area contributed by atoms with Crippen LogP contribution in [0.5, 0.6) is 5.75 Å². The Morgan fingerprint density at radius 3 is 2.74 bits per heavy atom. The van der Waals surface area contributed by atoms with Crippen LogP contribution < -0.4 is 15.5 Å². The number of carbonyl (C=O) groups excluding carboxylic acids is 2. The van der Waals surface area contributed by atoms with Crippen molar-refractivity contribution < 1.29 is 19.2 Å². The predicted molar refractivity (Wildman–Crippen MR) is 95.5 cm³/mol. The molecule has 0 aliphatic rings. The zero-order valence-electron chi connectivity index (χ0n) is 14.5. The summed E-state index contributed by atoms with van der Waals surface area (Å²) < 4.78 is 4.93. The molecule has 0 saturated carbocycles. The summed E-state index contributed by atoms with van der Waals surface area (Å²) >= 11 is 0. The molecule has 2 amide bonds. The zero-order valence-corrected chi connectivity index (χ0v) is 14.5. The summed E-state index contributed by atoms with van der Waals surface area (Å²) in [6.45, 7) is 1.53. The number of rotatable bonds is 7. The van der Waals surface area contributed by atoms with Crippen molar-refractivity contribution >= 4 is 28.9 Å². The molecule has 0 aliphatic carbocycles. The quantitative estimate of drug-likeness (QED) is 0.425. The molecule has 140 valence electrons. The van der Waals surface area contributed by atoms with Crippen LogP contribution in [0.4, 0.5) is 11.4 Å². The van der Waals surface area contributed by atoms with Crippen LogP contribution in [0.1, 0.15) is 23.8 Å². The minimum absolute atomic E-state index is 0.0298. The predicted octanol–water partition coefficient (Wildman–Crippen LogP) is 1.53. The van der Waals surface area contributed by atoms with E-state index in [0.29, 0.717) is 11.5 Å². The third kappa shape index (κ3) is 5.56. The van der Waals surface area contributed by atoms with E-state index in [9.17, 15) is 19.7 Å². The second-order valence-electron chi connectivity index (χ2n) is 5.24. The fourth-order valence-electron chi connectivity index (χ4n) is 1.98. The molecule has 0 saturated heterocycles. The van der Waals surface area contributed by atoms with Gasteiger partial charge < -0.3 is 10.1 Å². The van der Waals surface area contributed by atoms with Gasteiger partial charge in [0.25, 0.3) is 11.6 Å². The molecule has 27 heavy (non-hydrogen) atoms. The highest BCUT2D eigenvalue weighted by molar-refractivity contribution is 6.06. The summed E-state index contributed by atoms with van der Waals surface area (Å²) in [6.07, 6.45) is 3.88. The number of aromatic nitrogens is 2. The number of hydrazone groups is 1. The van der Waals surface area contributed by atoms with Gasteiger partial charge in [0.15, 0.2) is 0 Å². The van der Waals surface area contributed by atoms with Crippen molar-refractivity contribution in [2.75, 3.05) is 12.4 Å². The Morgan fingerprint density at radius 2 is 2.11 bits per heavy atom. The Labute approximate surface area is 153 Å². The van der Waals surface area contributed by atoms with Gasteiger partial charge in [-0.1, -0.05) is 0 Å². The third-order valence-electron chi connectivity index (χ3n) is 3.24. The van der Waals surface area contributed by atoms with Crippen LogP contribution in [0.2, 0.25) is 0 Å². The van der Waals surface area contributed by atoms with E-state index in [1.54, 1.807) is 0 Å². The third-order valence-corrected chi connectivity index (χ3v) is 3.24. The SMILES string of the molecule is COc1ccc(NC(=O)C/C(C)=N/NC(=O)c2cnccn2)c([N+](=O)[O-])c1. The second kappa shape index (κ2) is 8.99. The van der Waals surface area contributed by atoms with Crippen molar-refractivity contribution in [2.24, 2.45) is 5.10 Å². The number of hydrogen-bond donors (Lipinski definition) is 2. The van der Waals surface area contributed by atoms with Gasteiger partial charge >= 0.3 is 0 Å². The van der Waals surface area contributed by atoms with E-state index < -0.39 is 16.7 Å². The van der Waals surface area contributed by atoms with Gasteiger partial charge in [0.1, 0.15) is 17.1 Å². The molecule has 0 aliphatic heterocycles. The molecule has 11 heteroatoms. The summed E-state index contributed by atoms with van der Waals surface area (Å²) in [7, 11) is 1.38. The number of amides is 2. The van der Waals surface area contributed by atoms with Crippen molar-refractivity contribution in [3.8, 4) is 5.75 Å². The molecule has 1 aromatic heterocycles. The first-order valence-corrected chi connectivity index (χ1v) is 7.62. The topological polar surface area (TPSA) is 149 Å². The summed E-state index contributed by atoms with van der Waals surface area (Å²) in [4.78, 5) is 42.0. The first kappa shape index (κ1) is 19.4. The average molecular weight is 372 g/mol. The molecule has 1 heterocycles. The fraction of sp³-hybridized carbons (Fsp3) is 0.188. The molecule has 0 spiro atoms. The molecule has 0 atom stereocenters. The first-order valence-electron chi connectivity index (χ1n) is 7.62. The normalized spacial score (nSPS) is 10.8. The van der Waals surface area contributed by atoms with E-state index in [2.05, 4.69) is 25.8 Å². The van der Waals surface area contributed by atoms with Gasteiger partial charge in [0.2, 0.25) is 5.91 Å². The van der Waals surface area contributed by atoms with E-state index in [1.165, 1.54) is 50.8 Å². The number of hydrogen-bond acceptors (Lipinski definition) is 8. The van der Waals surface area contributed by atoms with Crippen LogP contribution >= 0.6 is 0 Å². The van der Waals surface area contributed by atoms with Crippen molar-refractivity contribution in [2.45, 2.75) is 13.3 Å². The van der Waals surface area contributed by atoms with Crippen LogP contribution in [0.25, 0.3) is 0 Å². The number of nitrogens with zero attached hydrogens (tertiary/aromatic N) is 4. The average Bonchev–Trinajstić information content (AvgIpc) is 2.66. The van der Waals surface area contributed by atoms with Gasteiger partial charge in [0, 0.05) is 18.1 Å². The highest BCUT2D eigenvalue weighted by Gasteiger charge is 2.17. The largest absolute Gasteiger partial charge is 0.496 e. The van der Waals surface area contributed by atoms with Crippen LogP contribution in [0, 0.1) is 10.1 Å². The summed E-state index contributed by atoms with van der Waals surface area (Å²) in [6, 6.07) is 4.07. The van der Waals surface area contributed by atoms with Crippen molar-refractivity contribution in [1.29, 1.82) is 0 Å². The number of anilines is 1. The van der Waals surface area contributed by atoms with E-state index in [-0.39, 0.29) is 23.5 Å². The molecule has 0 radical (unpaired) electrons. The molecular formula is C16H16N6O5. The number of carbonyl (C=O) groups is 2. The number of methoxy groups -OCH3 is 1. The maximum absolute atomic E-state index is 12.1. The molecule has 11 nitrogen and oxygen atoms in total. The van der Waals surface area contributed by atoms with Gasteiger partial charge in [-0.2, -0.15) is 5.10 Å². The maximum Gasteiger partial charge on any atom is 0.296 e.